The molecule has 2 aromatic heterocycles. The number of carbonyl (C=O) groups excluding carboxylic acids is 1. The molecule has 16 heteroatoms. The fourth-order valence-corrected chi connectivity index (χ4v) is 10.9. The minimum absolute atomic E-state index is 0.0357. The molecule has 336 valence electrons. The number of H-pyrrole nitrogens is 1. The van der Waals surface area contributed by atoms with Gasteiger partial charge in [0.05, 0.1) is 33.7 Å². The predicted octanol–water partition coefficient (Wildman–Crippen LogP) is 8.76. The van der Waals surface area contributed by atoms with Gasteiger partial charge in [-0.05, 0) is 123 Å². The molecule has 3 N–H and O–H groups in total. The van der Waals surface area contributed by atoms with E-state index in [0.29, 0.717) is 35.9 Å². The maximum atomic E-state index is 14.1. The number of aromatic nitrogens is 2. The summed E-state index contributed by atoms with van der Waals surface area (Å²) in [6.45, 7) is 10.9. The van der Waals surface area contributed by atoms with Gasteiger partial charge in [-0.1, -0.05) is 43.2 Å². The average Bonchev–Trinajstić information content (AvgIpc) is 3.75. The number of ether oxygens (including phenoxy) is 2. The summed E-state index contributed by atoms with van der Waals surface area (Å²) in [6.07, 6.45) is 9.87. The van der Waals surface area contributed by atoms with Crippen LogP contribution in [-0.4, -0.2) is 86.5 Å². The highest BCUT2D eigenvalue weighted by atomic mass is 35.5. The first-order valence-corrected chi connectivity index (χ1v) is 24.0. The topological polar surface area (TPSA) is 172 Å². The number of pyridine rings is 1. The van der Waals surface area contributed by atoms with Crippen molar-refractivity contribution in [3.05, 3.63) is 117 Å². The van der Waals surface area contributed by atoms with Gasteiger partial charge in [0.25, 0.3) is 21.6 Å². The highest BCUT2D eigenvalue weighted by Crippen LogP contribution is 2.44. The molecule has 0 bridgehead atoms. The minimum Gasteiger partial charge on any atom is -0.493 e. The zero-order valence-corrected chi connectivity index (χ0v) is 37.8. The van der Waals surface area contributed by atoms with E-state index in [1.165, 1.54) is 29.0 Å². The van der Waals surface area contributed by atoms with E-state index >= 15 is 0 Å². The summed E-state index contributed by atoms with van der Waals surface area (Å²) in [5, 5.41) is 17.3. The normalized spacial score (nSPS) is 19.5. The molecule has 1 atom stereocenters. The van der Waals surface area contributed by atoms with Crippen molar-refractivity contribution >= 4 is 55.5 Å². The van der Waals surface area contributed by atoms with E-state index < -0.39 is 25.7 Å². The van der Waals surface area contributed by atoms with E-state index in [0.717, 1.165) is 107 Å². The summed E-state index contributed by atoms with van der Waals surface area (Å²) in [6, 6.07) is 19.2. The lowest BCUT2D eigenvalue weighted by molar-refractivity contribution is -0.386. The number of carbonyl (C=O) groups is 1. The SMILES string of the molecule is CC1(C)CCC(CN2CCN(c3ccc(C(=O)NS(=O)(=O)c4cc5c(c([N+](=O)[O-])c4)C[C@@H](CC4CCNCC4)CO5)c(Oc4cnc5[nH]ccc5c4)c3)CC2)=C(c2ccc(Cl)cc2)C1. The second kappa shape index (κ2) is 18.2. The number of nitro groups is 1. The lowest BCUT2D eigenvalue weighted by atomic mass is 9.72. The molecule has 1 aliphatic carbocycles. The van der Waals surface area contributed by atoms with Crippen LogP contribution in [0.5, 0.6) is 17.2 Å². The van der Waals surface area contributed by atoms with Gasteiger partial charge in [0.15, 0.2) is 0 Å². The van der Waals surface area contributed by atoms with Crippen molar-refractivity contribution in [1.29, 1.82) is 0 Å². The Bertz CT molecular complexity index is 2710. The number of amides is 1. The van der Waals surface area contributed by atoms with Crippen LogP contribution in [0.4, 0.5) is 11.4 Å². The highest BCUT2D eigenvalue weighted by Gasteiger charge is 2.34. The molecule has 14 nitrogen and oxygen atoms in total. The molecular formula is C48H54ClN7O7S. The summed E-state index contributed by atoms with van der Waals surface area (Å²) in [4.78, 5) is 37.6. The Balaban J connectivity index is 0.938. The van der Waals surface area contributed by atoms with Gasteiger partial charge < -0.3 is 24.7 Å². The molecule has 0 radical (unpaired) electrons. The van der Waals surface area contributed by atoms with Crippen molar-refractivity contribution in [3.63, 3.8) is 0 Å². The van der Waals surface area contributed by atoms with E-state index in [1.807, 2.05) is 18.2 Å². The average molecular weight is 909 g/mol. The Kier molecular flexibility index (Phi) is 12.4. The molecule has 5 aromatic rings. The molecule has 0 unspecified atom stereocenters. The maximum absolute atomic E-state index is 14.1. The van der Waals surface area contributed by atoms with Gasteiger partial charge in [0.2, 0.25) is 0 Å². The molecule has 9 rings (SSSR count). The number of benzene rings is 3. The van der Waals surface area contributed by atoms with E-state index in [1.54, 1.807) is 30.5 Å². The first-order chi connectivity index (χ1) is 30.8. The van der Waals surface area contributed by atoms with Crippen LogP contribution >= 0.6 is 11.6 Å². The van der Waals surface area contributed by atoms with Crippen molar-refractivity contribution in [2.24, 2.45) is 17.3 Å². The molecule has 2 fully saturated rings. The number of hydrogen-bond acceptors (Lipinski definition) is 11. The van der Waals surface area contributed by atoms with Crippen molar-refractivity contribution in [2.45, 2.75) is 63.7 Å². The Morgan fingerprint density at radius 1 is 1.03 bits per heavy atom. The summed E-state index contributed by atoms with van der Waals surface area (Å²) in [5.74, 6) is 0.260. The largest absolute Gasteiger partial charge is 0.493 e. The standard InChI is InChI=1S/C48H54ClN7O7S/c1-48(2)13-9-35(42(27-48)33-3-5-36(49)6-4-33)29-54-17-19-55(20-18-54)37-7-8-40(45(24-37)63-38-23-34-12-16-51-46(34)52-28-38)47(57)53-64(60,61)39-25-43(56(58)59)41-22-32(30-62-44(41)26-39)21-31-10-14-50-15-11-31/h3-8,12,16,23-26,28,31-32,50H,9-11,13-15,17-22,27,29-30H2,1-2H3,(H,51,52)(H,53,57)/t32-/m1/s1. The predicted molar refractivity (Wildman–Crippen MR) is 248 cm³/mol. The fraction of sp³-hybridized carbons (Fsp3) is 0.417. The number of fused-ring (bicyclic) bond motifs is 2. The molecule has 3 aliphatic heterocycles. The molecular weight excluding hydrogens is 854 g/mol. The number of nitrogens with zero attached hydrogens (tertiary/aromatic N) is 4. The number of nitrogens with one attached hydrogen (secondary N) is 3. The zero-order valence-electron chi connectivity index (χ0n) is 36.2. The lowest BCUT2D eigenvalue weighted by Crippen LogP contribution is -2.47. The fourth-order valence-electron chi connectivity index (χ4n) is 9.77. The van der Waals surface area contributed by atoms with E-state index in [-0.39, 0.29) is 34.1 Å². The van der Waals surface area contributed by atoms with Gasteiger partial charge in [-0.2, -0.15) is 0 Å². The molecule has 3 aromatic carbocycles. The molecule has 0 spiro atoms. The van der Waals surface area contributed by atoms with Crippen molar-refractivity contribution in [2.75, 3.05) is 57.3 Å². The first kappa shape index (κ1) is 43.8. The number of hydrogen-bond donors (Lipinski definition) is 3. The van der Waals surface area contributed by atoms with E-state index in [2.05, 4.69) is 55.8 Å². The third-order valence-electron chi connectivity index (χ3n) is 13.3. The van der Waals surface area contributed by atoms with Crippen LogP contribution in [-0.2, 0) is 16.4 Å². The van der Waals surface area contributed by atoms with Crippen LogP contribution in [0.3, 0.4) is 0 Å². The Hall–Kier alpha value is -5.48. The van der Waals surface area contributed by atoms with Gasteiger partial charge >= 0.3 is 0 Å². The third-order valence-corrected chi connectivity index (χ3v) is 14.9. The Labute approximate surface area is 378 Å². The molecule has 5 heterocycles. The molecule has 0 saturated carbocycles. The van der Waals surface area contributed by atoms with Crippen molar-refractivity contribution < 1.29 is 27.6 Å². The first-order valence-electron chi connectivity index (χ1n) is 22.2. The minimum atomic E-state index is -4.61. The lowest BCUT2D eigenvalue weighted by Gasteiger charge is -2.39. The smallest absolute Gasteiger partial charge is 0.277 e. The van der Waals surface area contributed by atoms with Crippen LogP contribution in [0, 0.1) is 27.4 Å². The third kappa shape index (κ3) is 9.77. The van der Waals surface area contributed by atoms with E-state index in [9.17, 15) is 23.3 Å². The van der Waals surface area contributed by atoms with Gasteiger partial charge in [0, 0.05) is 73.2 Å². The second-order valence-corrected chi connectivity index (χ2v) is 20.6. The van der Waals surface area contributed by atoms with Crippen LogP contribution in [0.1, 0.15) is 73.9 Å². The van der Waals surface area contributed by atoms with Gasteiger partial charge in [-0.3, -0.25) is 19.8 Å². The van der Waals surface area contributed by atoms with Gasteiger partial charge in [0.1, 0.15) is 22.9 Å². The number of anilines is 1. The second-order valence-electron chi connectivity index (χ2n) is 18.5. The van der Waals surface area contributed by atoms with Crippen LogP contribution in [0.15, 0.2) is 89.6 Å². The zero-order chi connectivity index (χ0) is 44.6. The van der Waals surface area contributed by atoms with Crippen LogP contribution in [0.2, 0.25) is 5.02 Å². The summed E-state index contributed by atoms with van der Waals surface area (Å²) in [7, 11) is -4.61. The molecule has 1 amide bonds. The number of piperidine rings is 1. The number of allylic oxidation sites excluding steroid dienone is 1. The van der Waals surface area contributed by atoms with Crippen LogP contribution in [0.25, 0.3) is 16.6 Å². The number of nitro benzene ring substituents is 1. The van der Waals surface area contributed by atoms with Crippen molar-refractivity contribution in [1.82, 2.24) is 24.9 Å². The quantitative estimate of drug-likeness (QED) is 0.0808. The molecule has 4 aliphatic rings. The summed E-state index contributed by atoms with van der Waals surface area (Å²) < 4.78 is 42.4. The number of halogens is 1. The number of sulfonamides is 1. The van der Waals surface area contributed by atoms with Gasteiger partial charge in [-0.15, -0.1) is 0 Å². The van der Waals surface area contributed by atoms with Gasteiger partial charge in [-0.25, -0.2) is 18.1 Å². The summed E-state index contributed by atoms with van der Waals surface area (Å²) >= 11 is 6.25. The van der Waals surface area contributed by atoms with E-state index in [4.69, 9.17) is 21.1 Å². The monoisotopic (exact) mass is 907 g/mol. The highest BCUT2D eigenvalue weighted by molar-refractivity contribution is 7.90. The van der Waals surface area contributed by atoms with Crippen LogP contribution < -0.4 is 24.4 Å². The Morgan fingerprint density at radius 2 is 1.81 bits per heavy atom. The van der Waals surface area contributed by atoms with Crippen molar-refractivity contribution in [3.8, 4) is 17.2 Å². The number of rotatable bonds is 12. The Morgan fingerprint density at radius 3 is 2.58 bits per heavy atom. The summed E-state index contributed by atoms with van der Waals surface area (Å²) in [5.41, 5.74) is 5.81. The number of aromatic amines is 1. The molecule has 64 heavy (non-hydrogen) atoms. The molecule has 2 saturated heterocycles. The number of piperazine rings is 1. The maximum Gasteiger partial charge on any atom is 0.277 e.